The van der Waals surface area contributed by atoms with Gasteiger partial charge in [-0.3, -0.25) is 9.69 Å². The van der Waals surface area contributed by atoms with Crippen molar-refractivity contribution in [2.24, 2.45) is 0 Å². The Labute approximate surface area is 195 Å². The van der Waals surface area contributed by atoms with Gasteiger partial charge in [0.2, 0.25) is 15.9 Å². The van der Waals surface area contributed by atoms with E-state index in [-0.39, 0.29) is 22.9 Å². The molecular weight excluding hydrogens is 442 g/mol. The van der Waals surface area contributed by atoms with Crippen LogP contribution in [0, 0.1) is 0 Å². The van der Waals surface area contributed by atoms with Gasteiger partial charge in [0.15, 0.2) is 11.5 Å². The Kier molecular flexibility index (Phi) is 7.21. The van der Waals surface area contributed by atoms with Gasteiger partial charge in [0.1, 0.15) is 0 Å². The third kappa shape index (κ3) is 5.31. The number of nitrogens with zero attached hydrogens (tertiary/aromatic N) is 2. The van der Waals surface area contributed by atoms with Gasteiger partial charge in [0.05, 0.1) is 30.2 Å². The van der Waals surface area contributed by atoms with Crippen LogP contribution in [0.1, 0.15) is 31.9 Å². The molecule has 0 spiro atoms. The summed E-state index contributed by atoms with van der Waals surface area (Å²) in [4.78, 5) is 15.0. The zero-order valence-corrected chi connectivity index (χ0v) is 19.9. The minimum atomic E-state index is -3.66. The first-order chi connectivity index (χ1) is 15.9. The second-order valence-electron chi connectivity index (χ2n) is 8.42. The van der Waals surface area contributed by atoms with Crippen molar-refractivity contribution in [1.29, 1.82) is 0 Å². The van der Waals surface area contributed by atoms with E-state index in [0.29, 0.717) is 50.9 Å². The average molecular weight is 474 g/mol. The molecular formula is C24H31N3O5S. The van der Waals surface area contributed by atoms with Crippen molar-refractivity contribution in [1.82, 2.24) is 14.5 Å². The fraction of sp³-hybridized carbons (Fsp3) is 0.458. The number of hydrogen-bond acceptors (Lipinski definition) is 6. The summed E-state index contributed by atoms with van der Waals surface area (Å²) in [6.07, 6.45) is 0.759. The number of piperazine rings is 1. The summed E-state index contributed by atoms with van der Waals surface area (Å²) in [6, 6.07) is 14.1. The maximum Gasteiger partial charge on any atom is 0.243 e. The quantitative estimate of drug-likeness (QED) is 0.693. The molecule has 1 amide bonds. The number of carbonyl (C=O) groups excluding carboxylic acids is 1. The van der Waals surface area contributed by atoms with Crippen molar-refractivity contribution < 1.29 is 22.7 Å². The van der Waals surface area contributed by atoms with Crippen LogP contribution in [-0.2, 0) is 14.8 Å². The zero-order chi connectivity index (χ0) is 23.4. The second kappa shape index (κ2) is 10.1. The van der Waals surface area contributed by atoms with Gasteiger partial charge >= 0.3 is 0 Å². The predicted molar refractivity (Wildman–Crippen MR) is 125 cm³/mol. The molecule has 1 saturated heterocycles. The highest BCUT2D eigenvalue weighted by Gasteiger charge is 2.32. The van der Waals surface area contributed by atoms with Crippen LogP contribution in [-0.4, -0.2) is 69.0 Å². The summed E-state index contributed by atoms with van der Waals surface area (Å²) in [7, 11) is -3.66. The average Bonchev–Trinajstić information content (AvgIpc) is 3.09. The van der Waals surface area contributed by atoms with E-state index >= 15 is 0 Å². The molecule has 2 aromatic carbocycles. The Morgan fingerprint density at radius 1 is 0.939 bits per heavy atom. The molecule has 0 radical (unpaired) electrons. The number of fused-ring (bicyclic) bond motifs is 1. The minimum absolute atomic E-state index is 0.0643. The van der Waals surface area contributed by atoms with E-state index in [1.165, 1.54) is 4.31 Å². The molecule has 2 aromatic rings. The van der Waals surface area contributed by atoms with Gasteiger partial charge < -0.3 is 14.8 Å². The first-order valence-corrected chi connectivity index (χ1v) is 12.8. The highest BCUT2D eigenvalue weighted by Crippen LogP contribution is 2.33. The maximum atomic E-state index is 13.2. The molecule has 33 heavy (non-hydrogen) atoms. The Hall–Kier alpha value is -2.62. The van der Waals surface area contributed by atoms with Crippen LogP contribution in [0.15, 0.2) is 53.4 Å². The predicted octanol–water partition coefficient (Wildman–Crippen LogP) is 2.42. The molecule has 0 aliphatic carbocycles. The molecule has 178 valence electrons. The Bertz CT molecular complexity index is 1070. The summed E-state index contributed by atoms with van der Waals surface area (Å²) < 4.78 is 39.1. The van der Waals surface area contributed by atoms with E-state index in [0.717, 1.165) is 12.0 Å². The standard InChI is InChI=1S/C24H31N3O5S/c1-18(20-7-4-3-5-8-20)25-24(28)19(2)26-11-13-27(14-12-26)33(29,30)21-9-10-22-23(17-21)32-16-6-15-31-22/h3-5,7-10,17-19H,6,11-16H2,1-2H3,(H,25,28)/t18-,19+/m0/s1. The van der Waals surface area contributed by atoms with E-state index in [4.69, 9.17) is 9.47 Å². The molecule has 0 aromatic heterocycles. The van der Waals surface area contributed by atoms with Crippen LogP contribution in [0.25, 0.3) is 0 Å². The Balaban J connectivity index is 1.36. The number of sulfonamides is 1. The second-order valence-corrected chi connectivity index (χ2v) is 10.4. The van der Waals surface area contributed by atoms with Crippen molar-refractivity contribution in [3.63, 3.8) is 0 Å². The summed E-state index contributed by atoms with van der Waals surface area (Å²) in [5, 5.41) is 3.06. The van der Waals surface area contributed by atoms with Gasteiger partial charge in [-0.05, 0) is 31.5 Å². The van der Waals surface area contributed by atoms with Gasteiger partial charge in [0.25, 0.3) is 0 Å². The van der Waals surface area contributed by atoms with Gasteiger partial charge in [-0.15, -0.1) is 0 Å². The number of nitrogens with one attached hydrogen (secondary N) is 1. The lowest BCUT2D eigenvalue weighted by atomic mass is 10.1. The molecule has 0 unspecified atom stereocenters. The third-order valence-electron chi connectivity index (χ3n) is 6.22. The molecule has 0 bridgehead atoms. The van der Waals surface area contributed by atoms with Gasteiger partial charge in [-0.2, -0.15) is 4.31 Å². The summed E-state index contributed by atoms with van der Waals surface area (Å²) in [6.45, 7) is 6.48. The topological polar surface area (TPSA) is 88.2 Å². The fourth-order valence-corrected chi connectivity index (χ4v) is 5.55. The SMILES string of the molecule is C[C@H](NC(=O)[C@@H](C)N1CCN(S(=O)(=O)c2ccc3c(c2)OCCCO3)CC1)c1ccccc1. The van der Waals surface area contributed by atoms with Gasteiger partial charge in [-0.1, -0.05) is 30.3 Å². The largest absolute Gasteiger partial charge is 0.490 e. The maximum absolute atomic E-state index is 13.2. The summed E-state index contributed by atoms with van der Waals surface area (Å²) >= 11 is 0. The van der Waals surface area contributed by atoms with Crippen molar-refractivity contribution >= 4 is 15.9 Å². The number of amides is 1. The third-order valence-corrected chi connectivity index (χ3v) is 8.11. The molecule has 2 aliphatic rings. The fourth-order valence-electron chi connectivity index (χ4n) is 4.11. The molecule has 2 heterocycles. The minimum Gasteiger partial charge on any atom is -0.490 e. The van der Waals surface area contributed by atoms with Crippen LogP contribution in [0.2, 0.25) is 0 Å². The van der Waals surface area contributed by atoms with Crippen molar-refractivity contribution in [3.05, 3.63) is 54.1 Å². The smallest absolute Gasteiger partial charge is 0.243 e. The number of hydrogen-bond donors (Lipinski definition) is 1. The van der Waals surface area contributed by atoms with Crippen LogP contribution in [0.5, 0.6) is 11.5 Å². The molecule has 1 fully saturated rings. The molecule has 8 nitrogen and oxygen atoms in total. The van der Waals surface area contributed by atoms with Crippen molar-refractivity contribution in [3.8, 4) is 11.5 Å². The lowest BCUT2D eigenvalue weighted by molar-refractivity contribution is -0.127. The highest BCUT2D eigenvalue weighted by atomic mass is 32.2. The number of carbonyl (C=O) groups is 1. The van der Waals surface area contributed by atoms with Crippen LogP contribution in [0.3, 0.4) is 0 Å². The van der Waals surface area contributed by atoms with Crippen molar-refractivity contribution in [2.75, 3.05) is 39.4 Å². The summed E-state index contributed by atoms with van der Waals surface area (Å²) in [5.74, 6) is 0.969. The van der Waals surface area contributed by atoms with Crippen molar-refractivity contribution in [2.45, 2.75) is 37.2 Å². The van der Waals surface area contributed by atoms with E-state index in [9.17, 15) is 13.2 Å². The van der Waals surface area contributed by atoms with Crippen LogP contribution < -0.4 is 14.8 Å². The first-order valence-electron chi connectivity index (χ1n) is 11.4. The van der Waals surface area contributed by atoms with E-state index < -0.39 is 10.0 Å². The van der Waals surface area contributed by atoms with Crippen LogP contribution in [0.4, 0.5) is 0 Å². The zero-order valence-electron chi connectivity index (χ0n) is 19.1. The normalized spacial score (nSPS) is 19.3. The monoisotopic (exact) mass is 473 g/mol. The van der Waals surface area contributed by atoms with Gasteiger partial charge in [0, 0.05) is 38.7 Å². The van der Waals surface area contributed by atoms with Crippen LogP contribution >= 0.6 is 0 Å². The molecule has 4 rings (SSSR count). The number of rotatable bonds is 6. The molecule has 0 saturated carbocycles. The molecule has 1 N–H and O–H groups in total. The van der Waals surface area contributed by atoms with E-state index in [1.807, 2.05) is 49.1 Å². The van der Waals surface area contributed by atoms with E-state index in [2.05, 4.69) is 5.32 Å². The Morgan fingerprint density at radius 3 is 2.30 bits per heavy atom. The van der Waals surface area contributed by atoms with E-state index in [1.54, 1.807) is 18.2 Å². The highest BCUT2D eigenvalue weighted by molar-refractivity contribution is 7.89. The number of benzene rings is 2. The molecule has 9 heteroatoms. The lowest BCUT2D eigenvalue weighted by Gasteiger charge is -2.37. The Morgan fingerprint density at radius 2 is 1.61 bits per heavy atom. The number of ether oxygens (including phenoxy) is 2. The summed E-state index contributed by atoms with van der Waals surface area (Å²) in [5.41, 5.74) is 1.05. The first kappa shape index (κ1) is 23.5. The lowest BCUT2D eigenvalue weighted by Crippen LogP contribution is -2.55. The molecule has 2 aliphatic heterocycles. The molecule has 2 atom stereocenters. The van der Waals surface area contributed by atoms with Gasteiger partial charge in [-0.25, -0.2) is 8.42 Å².